The van der Waals surface area contributed by atoms with Gasteiger partial charge in [0.2, 0.25) is 0 Å². The fourth-order valence-corrected chi connectivity index (χ4v) is 2.51. The van der Waals surface area contributed by atoms with Gasteiger partial charge in [-0.15, -0.1) is 22.9 Å². The molecule has 90 valence electrons. The monoisotopic (exact) mass is 266 g/mol. The summed E-state index contributed by atoms with van der Waals surface area (Å²) >= 11 is 7.46. The summed E-state index contributed by atoms with van der Waals surface area (Å²) in [6.45, 7) is 2.91. The van der Waals surface area contributed by atoms with E-state index in [1.807, 2.05) is 12.1 Å². The number of nitrogens with zero attached hydrogens (tertiary/aromatic N) is 1. The molecule has 4 heteroatoms. The fraction of sp³-hybridized carbons (Fsp3) is 0.308. The number of anilines is 1. The second kappa shape index (κ2) is 6.03. The molecule has 0 saturated carbocycles. The van der Waals surface area contributed by atoms with E-state index < -0.39 is 0 Å². The van der Waals surface area contributed by atoms with Crippen LogP contribution >= 0.6 is 22.9 Å². The number of nitrogens with one attached hydrogen (secondary N) is 1. The van der Waals surface area contributed by atoms with Crippen molar-refractivity contribution in [2.75, 3.05) is 5.32 Å². The van der Waals surface area contributed by atoms with Gasteiger partial charge in [0.15, 0.2) is 5.13 Å². The molecule has 1 N–H and O–H groups in total. The Kier molecular flexibility index (Phi) is 4.40. The van der Waals surface area contributed by atoms with Gasteiger partial charge in [-0.05, 0) is 17.5 Å². The van der Waals surface area contributed by atoms with Crippen LogP contribution in [0, 0.1) is 0 Å². The lowest BCUT2D eigenvalue weighted by molar-refractivity contribution is 1.05. The largest absolute Gasteiger partial charge is 0.357 e. The third kappa shape index (κ3) is 3.45. The number of rotatable bonds is 5. The van der Waals surface area contributed by atoms with Crippen molar-refractivity contribution in [3.63, 3.8) is 0 Å². The van der Waals surface area contributed by atoms with Crippen LogP contribution in [0.2, 0.25) is 0 Å². The molecule has 0 radical (unpaired) electrons. The first-order valence-electron chi connectivity index (χ1n) is 5.64. The van der Waals surface area contributed by atoms with Gasteiger partial charge in [-0.1, -0.05) is 31.2 Å². The first kappa shape index (κ1) is 12.4. The zero-order valence-corrected chi connectivity index (χ0v) is 11.3. The Balaban J connectivity index is 1.96. The van der Waals surface area contributed by atoms with Crippen LogP contribution in [0.1, 0.15) is 23.7 Å². The van der Waals surface area contributed by atoms with Crippen LogP contribution in [0.25, 0.3) is 0 Å². The first-order chi connectivity index (χ1) is 8.31. The molecule has 0 aliphatic heterocycles. The molecule has 1 heterocycles. The highest BCUT2D eigenvalue weighted by Crippen LogP contribution is 2.17. The summed E-state index contributed by atoms with van der Waals surface area (Å²) in [4.78, 5) is 4.47. The van der Waals surface area contributed by atoms with E-state index >= 15 is 0 Å². The zero-order chi connectivity index (χ0) is 12.1. The molecule has 2 rings (SSSR count). The van der Waals surface area contributed by atoms with Crippen LogP contribution in [-0.2, 0) is 18.8 Å². The number of alkyl halides is 1. The summed E-state index contributed by atoms with van der Waals surface area (Å²) in [5.41, 5.74) is 3.53. The van der Waals surface area contributed by atoms with Crippen LogP contribution in [0.15, 0.2) is 29.6 Å². The van der Waals surface area contributed by atoms with Crippen LogP contribution in [-0.4, -0.2) is 4.98 Å². The van der Waals surface area contributed by atoms with E-state index in [-0.39, 0.29) is 0 Å². The number of benzene rings is 1. The van der Waals surface area contributed by atoms with Crippen LogP contribution in [0.3, 0.4) is 0 Å². The molecule has 0 fully saturated rings. The van der Waals surface area contributed by atoms with E-state index in [1.165, 1.54) is 5.56 Å². The van der Waals surface area contributed by atoms with E-state index in [4.69, 9.17) is 11.6 Å². The lowest BCUT2D eigenvalue weighted by Crippen LogP contribution is -1.99. The highest BCUT2D eigenvalue weighted by Gasteiger charge is 2.00. The van der Waals surface area contributed by atoms with E-state index in [0.29, 0.717) is 5.88 Å². The molecule has 0 aliphatic rings. The minimum atomic E-state index is 0.561. The van der Waals surface area contributed by atoms with E-state index in [0.717, 1.165) is 29.4 Å². The summed E-state index contributed by atoms with van der Waals surface area (Å²) in [5.74, 6) is 0.561. The second-order valence-electron chi connectivity index (χ2n) is 3.80. The lowest BCUT2D eigenvalue weighted by Gasteiger charge is -2.04. The SMILES string of the molecule is CCc1csc(NCc2cccc(CCl)c2)n1. The number of hydrogen-bond donors (Lipinski definition) is 1. The average molecular weight is 267 g/mol. The molecule has 2 nitrogen and oxygen atoms in total. The van der Waals surface area contributed by atoms with Gasteiger partial charge < -0.3 is 5.32 Å². The zero-order valence-electron chi connectivity index (χ0n) is 9.74. The van der Waals surface area contributed by atoms with Crippen molar-refractivity contribution < 1.29 is 0 Å². The summed E-state index contributed by atoms with van der Waals surface area (Å²) in [6, 6.07) is 8.29. The number of hydrogen-bond acceptors (Lipinski definition) is 3. The second-order valence-corrected chi connectivity index (χ2v) is 4.93. The van der Waals surface area contributed by atoms with Gasteiger partial charge in [0.25, 0.3) is 0 Å². The Hall–Kier alpha value is -1.06. The molecular formula is C13H15ClN2S. The fourth-order valence-electron chi connectivity index (χ4n) is 1.55. The van der Waals surface area contributed by atoms with Crippen LogP contribution in [0.5, 0.6) is 0 Å². The van der Waals surface area contributed by atoms with Crippen molar-refractivity contribution in [3.05, 3.63) is 46.5 Å². The summed E-state index contributed by atoms with van der Waals surface area (Å²) in [5, 5.41) is 6.41. The maximum absolute atomic E-state index is 5.81. The third-order valence-corrected chi connectivity index (χ3v) is 3.66. The maximum atomic E-state index is 5.81. The van der Waals surface area contributed by atoms with E-state index in [2.05, 4.69) is 34.7 Å². The number of aromatic nitrogens is 1. The normalized spacial score (nSPS) is 10.5. The predicted molar refractivity (Wildman–Crippen MR) is 74.8 cm³/mol. The van der Waals surface area contributed by atoms with Gasteiger partial charge in [-0.2, -0.15) is 0 Å². The minimum Gasteiger partial charge on any atom is -0.357 e. The van der Waals surface area contributed by atoms with E-state index in [9.17, 15) is 0 Å². The van der Waals surface area contributed by atoms with Crippen molar-refractivity contribution in [1.29, 1.82) is 0 Å². The van der Waals surface area contributed by atoms with Crippen LogP contribution in [0.4, 0.5) is 5.13 Å². The summed E-state index contributed by atoms with van der Waals surface area (Å²) in [6.07, 6.45) is 0.986. The number of thiazole rings is 1. The molecule has 0 atom stereocenters. The van der Waals surface area contributed by atoms with Crippen molar-refractivity contribution in [2.45, 2.75) is 25.8 Å². The Labute approximate surface area is 111 Å². The molecule has 0 saturated heterocycles. The molecule has 0 aliphatic carbocycles. The Morgan fingerprint density at radius 3 is 2.88 bits per heavy atom. The third-order valence-electron chi connectivity index (χ3n) is 2.50. The molecule has 1 aromatic heterocycles. The lowest BCUT2D eigenvalue weighted by atomic mass is 10.1. The molecule has 0 unspecified atom stereocenters. The number of aryl methyl sites for hydroxylation is 1. The Morgan fingerprint density at radius 2 is 2.18 bits per heavy atom. The van der Waals surface area contributed by atoms with Gasteiger partial charge in [0.1, 0.15) is 0 Å². The van der Waals surface area contributed by atoms with Crippen molar-refractivity contribution in [3.8, 4) is 0 Å². The standard InChI is InChI=1S/C13H15ClN2S/c1-2-12-9-17-13(16-12)15-8-11-5-3-4-10(6-11)7-14/h3-6,9H,2,7-8H2,1H3,(H,15,16). The van der Waals surface area contributed by atoms with Crippen molar-refractivity contribution >= 4 is 28.1 Å². The number of halogens is 1. The molecule has 0 spiro atoms. The van der Waals surface area contributed by atoms with Gasteiger partial charge in [0, 0.05) is 17.8 Å². The summed E-state index contributed by atoms with van der Waals surface area (Å²) in [7, 11) is 0. The average Bonchev–Trinajstić information content (AvgIpc) is 2.84. The van der Waals surface area contributed by atoms with Gasteiger partial charge >= 0.3 is 0 Å². The molecular weight excluding hydrogens is 252 g/mol. The Morgan fingerprint density at radius 1 is 1.35 bits per heavy atom. The van der Waals surface area contributed by atoms with Gasteiger partial charge in [-0.25, -0.2) is 4.98 Å². The van der Waals surface area contributed by atoms with Gasteiger partial charge in [0.05, 0.1) is 5.69 Å². The van der Waals surface area contributed by atoms with Gasteiger partial charge in [-0.3, -0.25) is 0 Å². The summed E-state index contributed by atoms with van der Waals surface area (Å²) < 4.78 is 0. The predicted octanol–water partition coefficient (Wildman–Crippen LogP) is 4.06. The first-order valence-corrected chi connectivity index (χ1v) is 7.05. The maximum Gasteiger partial charge on any atom is 0.183 e. The molecule has 1 aromatic carbocycles. The van der Waals surface area contributed by atoms with Crippen molar-refractivity contribution in [1.82, 2.24) is 4.98 Å². The smallest absolute Gasteiger partial charge is 0.183 e. The molecule has 0 amide bonds. The highest BCUT2D eigenvalue weighted by atomic mass is 35.5. The Bertz CT molecular complexity index is 482. The van der Waals surface area contributed by atoms with E-state index in [1.54, 1.807) is 11.3 Å². The minimum absolute atomic E-state index is 0.561. The molecule has 0 bridgehead atoms. The molecule has 17 heavy (non-hydrogen) atoms. The molecule has 2 aromatic rings. The topological polar surface area (TPSA) is 24.9 Å². The quantitative estimate of drug-likeness (QED) is 0.826. The van der Waals surface area contributed by atoms with Crippen molar-refractivity contribution in [2.24, 2.45) is 0 Å². The highest BCUT2D eigenvalue weighted by molar-refractivity contribution is 7.13. The van der Waals surface area contributed by atoms with Crippen LogP contribution < -0.4 is 5.32 Å².